The van der Waals surface area contributed by atoms with Crippen LogP contribution in [0.2, 0.25) is 0 Å². The summed E-state index contributed by atoms with van der Waals surface area (Å²) in [6, 6.07) is 8.47. The molecule has 0 heterocycles. The van der Waals surface area contributed by atoms with Crippen molar-refractivity contribution < 1.29 is 15.0 Å². The SMILES string of the molecule is CCC(O)=C(C(=N)c1ccccc1)C(=O)O. The molecule has 3 N–H and O–H groups in total. The molecule has 4 heteroatoms. The highest BCUT2D eigenvalue weighted by Crippen LogP contribution is 2.13. The third kappa shape index (κ3) is 2.48. The molecule has 1 aromatic carbocycles. The van der Waals surface area contributed by atoms with Crippen LogP contribution in [0.5, 0.6) is 0 Å². The summed E-state index contributed by atoms with van der Waals surface area (Å²) in [6.07, 6.45) is 0.191. The van der Waals surface area contributed by atoms with E-state index < -0.39 is 5.97 Å². The average molecular weight is 219 g/mol. The third-order valence-corrected chi connectivity index (χ3v) is 2.15. The largest absolute Gasteiger partial charge is 0.511 e. The summed E-state index contributed by atoms with van der Waals surface area (Å²) in [5.41, 5.74) is -0.0407. The Morgan fingerprint density at radius 2 is 1.81 bits per heavy atom. The lowest BCUT2D eigenvalue weighted by molar-refractivity contribution is -0.132. The van der Waals surface area contributed by atoms with Crippen LogP contribution in [0.4, 0.5) is 0 Å². The van der Waals surface area contributed by atoms with Crippen molar-refractivity contribution in [3.8, 4) is 0 Å². The fourth-order valence-electron chi connectivity index (χ4n) is 1.30. The van der Waals surface area contributed by atoms with Crippen LogP contribution in [0.25, 0.3) is 0 Å². The number of aliphatic carboxylic acids is 1. The molecule has 1 aromatic rings. The fourth-order valence-corrected chi connectivity index (χ4v) is 1.30. The van der Waals surface area contributed by atoms with Crippen LogP contribution in [0.1, 0.15) is 18.9 Å². The minimum Gasteiger partial charge on any atom is -0.511 e. The van der Waals surface area contributed by atoms with Gasteiger partial charge in [0.15, 0.2) is 0 Å². The number of hydrogen-bond donors (Lipinski definition) is 3. The molecule has 0 amide bonds. The number of nitrogens with one attached hydrogen (secondary N) is 1. The molecule has 0 aliphatic rings. The summed E-state index contributed by atoms with van der Waals surface area (Å²) in [6.45, 7) is 1.64. The van der Waals surface area contributed by atoms with Gasteiger partial charge in [0.25, 0.3) is 0 Å². The molecule has 0 aromatic heterocycles. The van der Waals surface area contributed by atoms with E-state index in [9.17, 15) is 9.90 Å². The topological polar surface area (TPSA) is 81.4 Å². The Hall–Kier alpha value is -2.10. The van der Waals surface area contributed by atoms with Crippen molar-refractivity contribution in [1.82, 2.24) is 0 Å². The number of aliphatic hydroxyl groups is 1. The van der Waals surface area contributed by atoms with Crippen molar-refractivity contribution in [3.63, 3.8) is 0 Å². The maximum Gasteiger partial charge on any atom is 0.341 e. The summed E-state index contributed by atoms with van der Waals surface area (Å²) in [7, 11) is 0. The highest BCUT2D eigenvalue weighted by atomic mass is 16.4. The molecule has 0 fully saturated rings. The molecule has 0 spiro atoms. The van der Waals surface area contributed by atoms with Gasteiger partial charge in [0.1, 0.15) is 11.3 Å². The number of rotatable bonds is 4. The number of allylic oxidation sites excluding steroid dienone is 1. The minimum atomic E-state index is -1.28. The predicted octanol–water partition coefficient (Wildman–Crippen LogP) is 2.36. The summed E-state index contributed by atoms with van der Waals surface area (Å²) in [5, 5.41) is 26.2. The van der Waals surface area contributed by atoms with E-state index in [0.29, 0.717) is 5.56 Å². The van der Waals surface area contributed by atoms with Crippen molar-refractivity contribution in [2.24, 2.45) is 0 Å². The molecule has 0 saturated carbocycles. The highest BCUT2D eigenvalue weighted by molar-refractivity contribution is 6.25. The number of hydrogen-bond acceptors (Lipinski definition) is 3. The minimum absolute atomic E-state index is 0.174. The summed E-state index contributed by atoms with van der Waals surface area (Å²) in [4.78, 5) is 11.0. The summed E-state index contributed by atoms with van der Waals surface area (Å²) in [5.74, 6) is -1.56. The van der Waals surface area contributed by atoms with Gasteiger partial charge in [-0.25, -0.2) is 4.79 Å². The normalized spacial score (nSPS) is 11.8. The monoisotopic (exact) mass is 219 g/mol. The van der Waals surface area contributed by atoms with Crippen LogP contribution < -0.4 is 0 Å². The smallest absolute Gasteiger partial charge is 0.341 e. The zero-order valence-electron chi connectivity index (χ0n) is 8.90. The highest BCUT2D eigenvalue weighted by Gasteiger charge is 2.19. The summed E-state index contributed by atoms with van der Waals surface area (Å²) < 4.78 is 0. The van der Waals surface area contributed by atoms with Crippen molar-refractivity contribution in [2.75, 3.05) is 0 Å². The van der Waals surface area contributed by atoms with E-state index in [1.54, 1.807) is 37.3 Å². The average Bonchev–Trinajstić information content (AvgIpc) is 2.29. The molecule has 0 unspecified atom stereocenters. The lowest BCUT2D eigenvalue weighted by Crippen LogP contribution is -2.15. The van der Waals surface area contributed by atoms with Gasteiger partial charge >= 0.3 is 5.97 Å². The van der Waals surface area contributed by atoms with Gasteiger partial charge < -0.3 is 10.2 Å². The van der Waals surface area contributed by atoms with Gasteiger partial charge in [-0.15, -0.1) is 0 Å². The van der Waals surface area contributed by atoms with E-state index in [4.69, 9.17) is 10.5 Å². The predicted molar refractivity (Wildman–Crippen MR) is 60.9 cm³/mol. The van der Waals surface area contributed by atoms with Crippen molar-refractivity contribution in [1.29, 1.82) is 5.41 Å². The van der Waals surface area contributed by atoms with Gasteiger partial charge in [0, 0.05) is 12.0 Å². The van der Waals surface area contributed by atoms with Gasteiger partial charge in [-0.3, -0.25) is 5.41 Å². The first-order valence-corrected chi connectivity index (χ1v) is 4.87. The number of aliphatic hydroxyl groups excluding tert-OH is 1. The van der Waals surface area contributed by atoms with Crippen LogP contribution >= 0.6 is 0 Å². The molecule has 84 valence electrons. The quantitative estimate of drug-likeness (QED) is 0.413. The first kappa shape index (κ1) is 12.0. The fraction of sp³-hybridized carbons (Fsp3) is 0.167. The number of carboxylic acid groups (broad SMARTS) is 1. The second kappa shape index (κ2) is 5.11. The third-order valence-electron chi connectivity index (χ3n) is 2.15. The Morgan fingerprint density at radius 3 is 2.25 bits per heavy atom. The van der Waals surface area contributed by atoms with Gasteiger partial charge in [0.05, 0.1) is 5.71 Å². The van der Waals surface area contributed by atoms with Gasteiger partial charge in [0.2, 0.25) is 0 Å². The first-order valence-electron chi connectivity index (χ1n) is 4.87. The molecule has 0 radical (unpaired) electrons. The van der Waals surface area contributed by atoms with Gasteiger partial charge in [-0.2, -0.15) is 0 Å². The number of carboxylic acids is 1. The molecule has 0 aliphatic carbocycles. The van der Waals surface area contributed by atoms with Crippen LogP contribution in [-0.4, -0.2) is 21.9 Å². The van der Waals surface area contributed by atoms with E-state index in [0.717, 1.165) is 0 Å². The van der Waals surface area contributed by atoms with Crippen molar-refractivity contribution in [3.05, 3.63) is 47.2 Å². The molecular formula is C12H13NO3. The van der Waals surface area contributed by atoms with Gasteiger partial charge in [-0.05, 0) is 0 Å². The van der Waals surface area contributed by atoms with Crippen molar-refractivity contribution in [2.45, 2.75) is 13.3 Å². The Morgan fingerprint density at radius 1 is 1.25 bits per heavy atom. The van der Waals surface area contributed by atoms with Crippen LogP contribution in [-0.2, 0) is 4.79 Å². The van der Waals surface area contributed by atoms with Crippen LogP contribution in [0, 0.1) is 5.41 Å². The van der Waals surface area contributed by atoms with E-state index in [2.05, 4.69) is 0 Å². The van der Waals surface area contributed by atoms with Gasteiger partial charge in [-0.1, -0.05) is 37.3 Å². The molecule has 1 rings (SSSR count). The first-order chi connectivity index (χ1) is 7.57. The van der Waals surface area contributed by atoms with Crippen LogP contribution in [0.15, 0.2) is 41.7 Å². The van der Waals surface area contributed by atoms with E-state index in [1.165, 1.54) is 0 Å². The molecule has 0 aliphatic heterocycles. The number of carbonyl (C=O) groups is 1. The molecule has 4 nitrogen and oxygen atoms in total. The molecular weight excluding hydrogens is 206 g/mol. The summed E-state index contributed by atoms with van der Waals surface area (Å²) >= 11 is 0. The Balaban J connectivity index is 3.18. The van der Waals surface area contributed by atoms with E-state index in [1.807, 2.05) is 0 Å². The van der Waals surface area contributed by atoms with E-state index >= 15 is 0 Å². The lowest BCUT2D eigenvalue weighted by Gasteiger charge is -2.07. The number of benzene rings is 1. The molecule has 0 atom stereocenters. The second-order valence-corrected chi connectivity index (χ2v) is 3.22. The Bertz CT molecular complexity index is 435. The zero-order chi connectivity index (χ0) is 12.1. The standard InChI is InChI=1S/C12H13NO3/c1-2-9(14)10(12(15)16)11(13)8-6-4-3-5-7-8/h3-7,13-14H,2H2,1H3,(H,15,16). The maximum absolute atomic E-state index is 11.0. The molecule has 0 bridgehead atoms. The Kier molecular flexibility index (Phi) is 3.83. The van der Waals surface area contributed by atoms with Crippen LogP contribution in [0.3, 0.4) is 0 Å². The zero-order valence-corrected chi connectivity index (χ0v) is 8.90. The Labute approximate surface area is 93.4 Å². The molecule has 16 heavy (non-hydrogen) atoms. The second-order valence-electron chi connectivity index (χ2n) is 3.22. The maximum atomic E-state index is 11.0. The lowest BCUT2D eigenvalue weighted by atomic mass is 10.0. The van der Waals surface area contributed by atoms with Crippen molar-refractivity contribution >= 4 is 11.7 Å². The molecule has 0 saturated heterocycles. The van der Waals surface area contributed by atoms with E-state index in [-0.39, 0.29) is 23.5 Å².